The van der Waals surface area contributed by atoms with Gasteiger partial charge in [-0.2, -0.15) is 13.2 Å². The molecule has 0 N–H and O–H groups in total. The second kappa shape index (κ2) is 9.47. The molecule has 4 rings (SSSR count). The fraction of sp³-hybridized carbons (Fsp3) is 0.409. The third-order valence-corrected chi connectivity index (χ3v) is 5.43. The molecule has 168 valence electrons. The summed E-state index contributed by atoms with van der Waals surface area (Å²) in [5.41, 5.74) is 0.858. The van der Waals surface area contributed by atoms with Gasteiger partial charge in [-0.15, -0.1) is 5.06 Å². The minimum atomic E-state index is -4.33. The number of methoxy groups -OCH3 is 1. The SMILES string of the molecule is CN1OC1=O.COc1cccc(C(C)N2CCN(c3ccccc3C(F)(F)F)CC2)c1. The van der Waals surface area contributed by atoms with Gasteiger partial charge in [0.05, 0.1) is 19.7 Å². The maximum Gasteiger partial charge on any atom is 0.467 e. The van der Waals surface area contributed by atoms with Crippen LogP contribution in [0.2, 0.25) is 0 Å². The first-order chi connectivity index (χ1) is 14.7. The summed E-state index contributed by atoms with van der Waals surface area (Å²) in [5, 5.41) is 1.15. The van der Waals surface area contributed by atoms with E-state index >= 15 is 0 Å². The van der Waals surface area contributed by atoms with Gasteiger partial charge in [0.2, 0.25) is 0 Å². The minimum absolute atomic E-state index is 0.185. The smallest absolute Gasteiger partial charge is 0.467 e. The van der Waals surface area contributed by atoms with E-state index in [2.05, 4.69) is 22.7 Å². The van der Waals surface area contributed by atoms with Crippen molar-refractivity contribution in [3.8, 4) is 5.75 Å². The lowest BCUT2D eigenvalue weighted by molar-refractivity contribution is -0.137. The van der Waals surface area contributed by atoms with Crippen LogP contribution in [0.25, 0.3) is 0 Å². The average molecular weight is 437 g/mol. The average Bonchev–Trinajstić information content (AvgIpc) is 3.44. The molecule has 0 aliphatic carbocycles. The van der Waals surface area contributed by atoms with E-state index in [1.54, 1.807) is 26.3 Å². The number of ether oxygens (including phenoxy) is 1. The molecule has 0 bridgehead atoms. The van der Waals surface area contributed by atoms with E-state index in [-0.39, 0.29) is 17.8 Å². The fourth-order valence-corrected chi connectivity index (χ4v) is 3.55. The van der Waals surface area contributed by atoms with E-state index in [4.69, 9.17) is 4.74 Å². The van der Waals surface area contributed by atoms with Crippen molar-refractivity contribution < 1.29 is 27.5 Å². The number of carbonyl (C=O) groups is 1. The van der Waals surface area contributed by atoms with Crippen LogP contribution in [-0.4, -0.2) is 56.4 Å². The van der Waals surface area contributed by atoms with Gasteiger partial charge in [-0.3, -0.25) is 4.90 Å². The monoisotopic (exact) mass is 437 g/mol. The number of para-hydroxylation sites is 1. The van der Waals surface area contributed by atoms with Crippen LogP contribution < -0.4 is 9.64 Å². The number of anilines is 1. The molecule has 9 heteroatoms. The summed E-state index contributed by atoms with van der Waals surface area (Å²) in [6.07, 6.45) is -4.58. The summed E-state index contributed by atoms with van der Waals surface area (Å²) in [4.78, 5) is 17.8. The van der Waals surface area contributed by atoms with Crippen LogP contribution in [0.5, 0.6) is 5.75 Å². The van der Waals surface area contributed by atoms with Gasteiger partial charge in [0, 0.05) is 37.9 Å². The Kier molecular flexibility index (Phi) is 6.94. The second-order valence-corrected chi connectivity index (χ2v) is 7.35. The summed E-state index contributed by atoms with van der Waals surface area (Å²) in [7, 11) is 3.20. The highest BCUT2D eigenvalue weighted by molar-refractivity contribution is 5.75. The van der Waals surface area contributed by atoms with Crippen molar-refractivity contribution in [1.82, 2.24) is 9.96 Å². The molecule has 0 saturated carbocycles. The van der Waals surface area contributed by atoms with Crippen molar-refractivity contribution in [2.24, 2.45) is 0 Å². The van der Waals surface area contributed by atoms with E-state index in [0.717, 1.165) is 22.4 Å². The van der Waals surface area contributed by atoms with Crippen LogP contribution in [0.1, 0.15) is 24.1 Å². The topological polar surface area (TPSA) is 48.3 Å². The van der Waals surface area contributed by atoms with E-state index in [1.807, 2.05) is 23.1 Å². The molecule has 0 spiro atoms. The molecule has 2 aliphatic rings. The Morgan fingerprint density at radius 2 is 1.65 bits per heavy atom. The molecule has 6 nitrogen and oxygen atoms in total. The molecule has 0 radical (unpaired) electrons. The zero-order valence-corrected chi connectivity index (χ0v) is 17.7. The van der Waals surface area contributed by atoms with Crippen molar-refractivity contribution >= 4 is 11.8 Å². The van der Waals surface area contributed by atoms with E-state index < -0.39 is 11.7 Å². The summed E-state index contributed by atoms with van der Waals surface area (Å²) in [6.45, 7) is 4.69. The molecule has 2 fully saturated rings. The van der Waals surface area contributed by atoms with Gasteiger partial charge in [-0.25, -0.2) is 4.79 Å². The third kappa shape index (κ3) is 5.81. The molecule has 2 aliphatic heterocycles. The lowest BCUT2D eigenvalue weighted by Crippen LogP contribution is -2.47. The molecule has 0 aromatic heterocycles. The number of rotatable bonds is 4. The number of amides is 1. The first-order valence-corrected chi connectivity index (χ1v) is 9.95. The highest BCUT2D eigenvalue weighted by Crippen LogP contribution is 2.37. The Balaban J connectivity index is 0.000000478. The molecule has 1 amide bonds. The number of piperazine rings is 1. The second-order valence-electron chi connectivity index (χ2n) is 7.35. The van der Waals surface area contributed by atoms with Gasteiger partial charge in [0.1, 0.15) is 5.75 Å². The molecular formula is C22H26F3N3O3. The number of hydroxylamine groups is 2. The highest BCUT2D eigenvalue weighted by Gasteiger charge is 2.35. The van der Waals surface area contributed by atoms with Crippen molar-refractivity contribution in [2.45, 2.75) is 19.1 Å². The van der Waals surface area contributed by atoms with Gasteiger partial charge < -0.3 is 14.5 Å². The molecule has 2 aromatic rings. The zero-order valence-electron chi connectivity index (χ0n) is 17.7. The van der Waals surface area contributed by atoms with Crippen molar-refractivity contribution in [3.05, 3.63) is 59.7 Å². The lowest BCUT2D eigenvalue weighted by Gasteiger charge is -2.40. The molecular weight excluding hydrogens is 411 g/mol. The highest BCUT2D eigenvalue weighted by atomic mass is 19.4. The standard InChI is InChI=1S/C20H23F3N2O.C2H3NO2/c1-15(16-6-5-7-17(14-16)26-2)24-10-12-25(13-11-24)19-9-4-3-8-18(19)20(21,22)23;1-3-2(4)5-3/h3-9,14-15H,10-13H2,1-2H3;1H3. The number of benzene rings is 2. The maximum atomic E-state index is 13.3. The fourth-order valence-electron chi connectivity index (χ4n) is 3.55. The van der Waals surface area contributed by atoms with Crippen LogP contribution in [0, 0.1) is 0 Å². The summed E-state index contributed by atoms with van der Waals surface area (Å²) in [5.74, 6) is 0.812. The van der Waals surface area contributed by atoms with Crippen molar-refractivity contribution in [1.29, 1.82) is 0 Å². The molecule has 31 heavy (non-hydrogen) atoms. The molecule has 2 heterocycles. The first kappa shape index (κ1) is 22.7. The van der Waals surface area contributed by atoms with Crippen LogP contribution >= 0.6 is 0 Å². The number of carbonyl (C=O) groups excluding carboxylic acids is 1. The zero-order chi connectivity index (χ0) is 22.6. The number of halogens is 3. The van der Waals surface area contributed by atoms with Gasteiger partial charge in [0.15, 0.2) is 0 Å². The Bertz CT molecular complexity index is 899. The summed E-state index contributed by atoms with van der Waals surface area (Å²) in [6, 6.07) is 13.9. The third-order valence-electron chi connectivity index (χ3n) is 5.43. The number of alkyl halides is 3. The van der Waals surface area contributed by atoms with E-state index in [0.29, 0.717) is 26.2 Å². The van der Waals surface area contributed by atoms with Gasteiger partial charge >= 0.3 is 12.3 Å². The normalized spacial score (nSPS) is 17.4. The number of hydrogen-bond donors (Lipinski definition) is 0. The minimum Gasteiger partial charge on any atom is -0.497 e. The predicted molar refractivity (Wildman–Crippen MR) is 111 cm³/mol. The molecule has 1 unspecified atom stereocenters. The van der Waals surface area contributed by atoms with Crippen LogP contribution in [0.3, 0.4) is 0 Å². The largest absolute Gasteiger partial charge is 0.497 e. The predicted octanol–water partition coefficient (Wildman–Crippen LogP) is 4.58. The lowest BCUT2D eigenvalue weighted by atomic mass is 10.0. The Labute approximate surface area is 179 Å². The molecule has 1 atom stereocenters. The molecule has 2 aromatic carbocycles. The first-order valence-electron chi connectivity index (χ1n) is 9.95. The maximum absolute atomic E-state index is 13.3. The molecule has 2 saturated heterocycles. The summed E-state index contributed by atoms with van der Waals surface area (Å²) < 4.78 is 45.0. The van der Waals surface area contributed by atoms with Crippen molar-refractivity contribution in [3.63, 3.8) is 0 Å². The van der Waals surface area contributed by atoms with Crippen LogP contribution in [0.15, 0.2) is 48.5 Å². The Morgan fingerprint density at radius 1 is 1.03 bits per heavy atom. The van der Waals surface area contributed by atoms with E-state index in [9.17, 15) is 18.0 Å². The van der Waals surface area contributed by atoms with Gasteiger partial charge in [-0.1, -0.05) is 24.3 Å². The number of hydrogen-bond acceptors (Lipinski definition) is 5. The number of nitrogens with zero attached hydrogens (tertiary/aromatic N) is 3. The van der Waals surface area contributed by atoms with Crippen molar-refractivity contribution in [2.75, 3.05) is 45.2 Å². The van der Waals surface area contributed by atoms with Crippen LogP contribution in [0.4, 0.5) is 23.7 Å². The summed E-state index contributed by atoms with van der Waals surface area (Å²) >= 11 is 0. The Morgan fingerprint density at radius 3 is 2.19 bits per heavy atom. The quantitative estimate of drug-likeness (QED) is 0.656. The van der Waals surface area contributed by atoms with Gasteiger partial charge in [-0.05, 0) is 36.8 Å². The van der Waals surface area contributed by atoms with Gasteiger partial charge in [0.25, 0.3) is 0 Å². The van der Waals surface area contributed by atoms with Crippen LogP contribution in [-0.2, 0) is 11.0 Å². The Hall–Kier alpha value is -2.94. The van der Waals surface area contributed by atoms with E-state index in [1.165, 1.54) is 6.07 Å².